The average Bonchev–Trinajstić information content (AvgIpc) is 2.69. The molecule has 0 radical (unpaired) electrons. The molecular weight excluding hydrogens is 368 g/mol. The third-order valence-corrected chi connectivity index (χ3v) is 6.43. The number of hydrogen-bond donors (Lipinski definition) is 1. The average molecular weight is 401 g/mol. The predicted octanol–water partition coefficient (Wildman–Crippen LogP) is 4.42. The van der Waals surface area contributed by atoms with Crippen molar-refractivity contribution in [1.82, 2.24) is 5.43 Å². The second-order valence-electron chi connectivity index (χ2n) is 8.38. The molecule has 0 aliphatic heterocycles. The van der Waals surface area contributed by atoms with Crippen molar-refractivity contribution in [2.45, 2.75) is 52.9 Å². The largest absolute Gasteiger partial charge is 0.490 e. The van der Waals surface area contributed by atoms with Crippen LogP contribution in [0, 0.1) is 23.7 Å². The molecule has 1 aromatic carbocycles. The Balaban J connectivity index is 1.55. The van der Waals surface area contributed by atoms with Crippen LogP contribution in [0.2, 0.25) is 0 Å². The topological polar surface area (TPSA) is 69.2 Å². The standard InChI is InChI=1S/C23H32N2O4/c1-4-27-19-12-18(13-20(28-5-2)22(19)29-6-3)23(26)25-24-21-16-8-14-7-15(10-16)11-17(21)9-14/h12-17H,4-11H2,1-3H3,(H,25,26). The number of carbonyl (C=O) groups is 1. The lowest BCUT2D eigenvalue weighted by Gasteiger charge is -2.50. The molecule has 0 saturated heterocycles. The van der Waals surface area contributed by atoms with Crippen molar-refractivity contribution in [2.24, 2.45) is 28.8 Å². The predicted molar refractivity (Wildman–Crippen MR) is 112 cm³/mol. The number of hydrazone groups is 1. The minimum absolute atomic E-state index is 0.240. The van der Waals surface area contributed by atoms with Crippen LogP contribution in [0.25, 0.3) is 0 Å². The Morgan fingerprint density at radius 2 is 1.41 bits per heavy atom. The molecule has 0 aromatic heterocycles. The van der Waals surface area contributed by atoms with Crippen LogP contribution in [-0.4, -0.2) is 31.4 Å². The third kappa shape index (κ3) is 4.07. The molecular formula is C23H32N2O4. The Morgan fingerprint density at radius 1 is 0.897 bits per heavy atom. The molecule has 0 heterocycles. The molecule has 6 nitrogen and oxygen atoms in total. The molecule has 158 valence electrons. The highest BCUT2D eigenvalue weighted by molar-refractivity contribution is 5.97. The van der Waals surface area contributed by atoms with Gasteiger partial charge in [-0.3, -0.25) is 4.79 Å². The van der Waals surface area contributed by atoms with Crippen molar-refractivity contribution in [3.63, 3.8) is 0 Å². The van der Waals surface area contributed by atoms with E-state index in [2.05, 4.69) is 10.5 Å². The highest BCUT2D eigenvalue weighted by atomic mass is 16.5. The zero-order chi connectivity index (χ0) is 20.4. The van der Waals surface area contributed by atoms with Crippen LogP contribution < -0.4 is 19.6 Å². The SMILES string of the molecule is CCOc1cc(C(=O)NN=C2C3CC4CC(C3)CC2C4)cc(OCC)c1OCC. The Bertz CT molecular complexity index is 732. The van der Waals surface area contributed by atoms with Gasteiger partial charge < -0.3 is 14.2 Å². The van der Waals surface area contributed by atoms with E-state index < -0.39 is 0 Å². The number of amides is 1. The van der Waals surface area contributed by atoms with Gasteiger partial charge in [0.25, 0.3) is 5.91 Å². The Hall–Kier alpha value is -2.24. The van der Waals surface area contributed by atoms with E-state index in [0.717, 1.165) is 11.8 Å². The molecule has 4 aliphatic carbocycles. The second-order valence-corrected chi connectivity index (χ2v) is 8.38. The highest BCUT2D eigenvalue weighted by Crippen LogP contribution is 2.52. The van der Waals surface area contributed by atoms with E-state index in [1.54, 1.807) is 12.1 Å². The molecule has 5 rings (SSSR count). The summed E-state index contributed by atoms with van der Waals surface area (Å²) in [5.41, 5.74) is 4.49. The third-order valence-electron chi connectivity index (χ3n) is 6.43. The second kappa shape index (κ2) is 8.64. The van der Waals surface area contributed by atoms with E-state index in [-0.39, 0.29) is 5.91 Å². The van der Waals surface area contributed by atoms with Crippen LogP contribution in [0.1, 0.15) is 63.2 Å². The van der Waals surface area contributed by atoms with Crippen molar-refractivity contribution in [1.29, 1.82) is 0 Å². The molecule has 1 aromatic rings. The molecule has 0 atom stereocenters. The smallest absolute Gasteiger partial charge is 0.271 e. The van der Waals surface area contributed by atoms with Gasteiger partial charge in [0.1, 0.15) is 0 Å². The van der Waals surface area contributed by atoms with Gasteiger partial charge in [-0.1, -0.05) is 0 Å². The number of benzene rings is 1. The van der Waals surface area contributed by atoms with Crippen LogP contribution in [-0.2, 0) is 0 Å². The molecule has 0 unspecified atom stereocenters. The van der Waals surface area contributed by atoms with Gasteiger partial charge >= 0.3 is 0 Å². The van der Waals surface area contributed by atoms with Crippen molar-refractivity contribution in [3.8, 4) is 17.2 Å². The summed E-state index contributed by atoms with van der Waals surface area (Å²) >= 11 is 0. The van der Waals surface area contributed by atoms with Gasteiger partial charge in [-0.2, -0.15) is 5.10 Å². The number of carbonyl (C=O) groups excluding carboxylic acids is 1. The van der Waals surface area contributed by atoms with Crippen LogP contribution in [0.4, 0.5) is 0 Å². The number of hydrogen-bond acceptors (Lipinski definition) is 5. The molecule has 4 fully saturated rings. The van der Waals surface area contributed by atoms with Crippen LogP contribution >= 0.6 is 0 Å². The zero-order valence-electron chi connectivity index (χ0n) is 17.7. The summed E-state index contributed by atoms with van der Waals surface area (Å²) in [6.45, 7) is 7.16. The molecule has 6 heteroatoms. The molecule has 4 aliphatic rings. The quantitative estimate of drug-likeness (QED) is 0.656. The summed E-state index contributed by atoms with van der Waals surface area (Å²) in [6.07, 6.45) is 6.38. The van der Waals surface area contributed by atoms with Crippen LogP contribution in [0.15, 0.2) is 17.2 Å². The minimum atomic E-state index is -0.240. The van der Waals surface area contributed by atoms with Gasteiger partial charge in [-0.15, -0.1) is 0 Å². The van der Waals surface area contributed by atoms with E-state index in [4.69, 9.17) is 14.2 Å². The van der Waals surface area contributed by atoms with Gasteiger partial charge in [0.15, 0.2) is 11.5 Å². The maximum Gasteiger partial charge on any atom is 0.271 e. The molecule has 1 N–H and O–H groups in total. The lowest BCUT2D eigenvalue weighted by Crippen LogP contribution is -2.46. The molecule has 1 amide bonds. The summed E-state index contributed by atoms with van der Waals surface area (Å²) in [6, 6.07) is 3.42. The van der Waals surface area contributed by atoms with Gasteiger partial charge in [-0.05, 0) is 88.7 Å². The number of rotatable bonds is 8. The molecule has 4 saturated carbocycles. The van der Waals surface area contributed by atoms with Crippen LogP contribution in [0.5, 0.6) is 17.2 Å². The van der Waals surface area contributed by atoms with Crippen molar-refractivity contribution in [2.75, 3.05) is 19.8 Å². The number of ether oxygens (including phenoxy) is 3. The lowest BCUT2D eigenvalue weighted by molar-refractivity contribution is 0.0941. The Morgan fingerprint density at radius 3 is 1.90 bits per heavy atom. The maximum absolute atomic E-state index is 12.9. The summed E-state index contributed by atoms with van der Waals surface area (Å²) in [5.74, 6) is 4.22. The Kier molecular flexibility index (Phi) is 5.97. The minimum Gasteiger partial charge on any atom is -0.490 e. The first kappa shape index (κ1) is 20.0. The Labute approximate surface area is 173 Å². The molecule has 0 spiro atoms. The van der Waals surface area contributed by atoms with Gasteiger partial charge in [-0.25, -0.2) is 5.43 Å². The van der Waals surface area contributed by atoms with Crippen molar-refractivity contribution < 1.29 is 19.0 Å². The highest BCUT2D eigenvalue weighted by Gasteiger charge is 2.46. The molecule has 29 heavy (non-hydrogen) atoms. The first-order valence-corrected chi connectivity index (χ1v) is 11.1. The summed E-state index contributed by atoms with van der Waals surface area (Å²) in [5, 5.41) is 4.61. The fourth-order valence-corrected chi connectivity index (χ4v) is 5.55. The van der Waals surface area contributed by atoms with Gasteiger partial charge in [0, 0.05) is 11.3 Å². The normalized spacial score (nSPS) is 26.9. The van der Waals surface area contributed by atoms with Gasteiger partial charge in [0.05, 0.1) is 19.8 Å². The summed E-state index contributed by atoms with van der Waals surface area (Å²) in [7, 11) is 0. The number of nitrogens with one attached hydrogen (secondary N) is 1. The monoisotopic (exact) mass is 400 g/mol. The lowest BCUT2D eigenvalue weighted by atomic mass is 9.55. The molecule has 4 bridgehead atoms. The number of nitrogens with zero attached hydrogens (tertiary/aromatic N) is 1. The first-order chi connectivity index (χ1) is 14.1. The van der Waals surface area contributed by atoms with E-state index in [1.807, 2.05) is 20.8 Å². The fourth-order valence-electron chi connectivity index (χ4n) is 5.55. The van der Waals surface area contributed by atoms with E-state index in [0.29, 0.717) is 54.5 Å². The summed E-state index contributed by atoms with van der Waals surface area (Å²) in [4.78, 5) is 12.9. The maximum atomic E-state index is 12.9. The fraction of sp³-hybridized carbons (Fsp3) is 0.652. The summed E-state index contributed by atoms with van der Waals surface area (Å²) < 4.78 is 17.2. The van der Waals surface area contributed by atoms with E-state index >= 15 is 0 Å². The van der Waals surface area contributed by atoms with Gasteiger partial charge in [0.2, 0.25) is 5.75 Å². The van der Waals surface area contributed by atoms with Crippen molar-refractivity contribution in [3.05, 3.63) is 17.7 Å². The van der Waals surface area contributed by atoms with Crippen molar-refractivity contribution >= 4 is 11.6 Å². The van der Waals surface area contributed by atoms with E-state index in [9.17, 15) is 4.79 Å². The van der Waals surface area contributed by atoms with Crippen LogP contribution in [0.3, 0.4) is 0 Å². The first-order valence-electron chi connectivity index (χ1n) is 11.1. The zero-order valence-corrected chi connectivity index (χ0v) is 17.7. The van der Waals surface area contributed by atoms with E-state index in [1.165, 1.54) is 37.8 Å².